The molecule has 96 valence electrons. The fourth-order valence-corrected chi connectivity index (χ4v) is 2.01. The van der Waals surface area contributed by atoms with Crippen molar-refractivity contribution < 1.29 is 9.59 Å². The maximum absolute atomic E-state index is 12.4. The summed E-state index contributed by atoms with van der Waals surface area (Å²) >= 11 is 0. The van der Waals surface area contributed by atoms with Gasteiger partial charge < -0.3 is 5.32 Å². The van der Waals surface area contributed by atoms with E-state index in [1.807, 2.05) is 13.8 Å². The van der Waals surface area contributed by atoms with Crippen molar-refractivity contribution >= 4 is 17.5 Å². The van der Waals surface area contributed by atoms with Crippen molar-refractivity contribution in [2.75, 3.05) is 4.90 Å². The number of amides is 2. The molecule has 1 N–H and O–H groups in total. The zero-order chi connectivity index (χ0) is 13.3. The van der Waals surface area contributed by atoms with Crippen molar-refractivity contribution in [1.29, 1.82) is 0 Å². The van der Waals surface area contributed by atoms with Gasteiger partial charge in [-0.05, 0) is 12.8 Å². The standard InChI is InChI=1S/C12H16N4O2/c1-7(2)10-12(18)16(8(3)11(17)15-10)9-4-13-6-14-5-9/h4-8,10H,1-3H3,(H,15,17). The van der Waals surface area contributed by atoms with Crippen LogP contribution in [0.15, 0.2) is 18.7 Å². The number of carbonyl (C=O) groups is 2. The van der Waals surface area contributed by atoms with E-state index in [9.17, 15) is 9.59 Å². The van der Waals surface area contributed by atoms with Crippen LogP contribution in [0.2, 0.25) is 0 Å². The average molecular weight is 248 g/mol. The van der Waals surface area contributed by atoms with Crippen LogP contribution in [0.25, 0.3) is 0 Å². The van der Waals surface area contributed by atoms with Crippen LogP contribution in [0.5, 0.6) is 0 Å². The van der Waals surface area contributed by atoms with Gasteiger partial charge in [-0.1, -0.05) is 13.8 Å². The Morgan fingerprint density at radius 2 is 1.89 bits per heavy atom. The first-order chi connectivity index (χ1) is 8.52. The van der Waals surface area contributed by atoms with Crippen molar-refractivity contribution in [2.45, 2.75) is 32.9 Å². The van der Waals surface area contributed by atoms with Gasteiger partial charge in [0.15, 0.2) is 0 Å². The molecule has 0 aliphatic carbocycles. The van der Waals surface area contributed by atoms with Gasteiger partial charge >= 0.3 is 0 Å². The van der Waals surface area contributed by atoms with Gasteiger partial charge in [0.2, 0.25) is 5.91 Å². The Morgan fingerprint density at radius 1 is 1.28 bits per heavy atom. The summed E-state index contributed by atoms with van der Waals surface area (Å²) in [4.78, 5) is 33.5. The smallest absolute Gasteiger partial charge is 0.250 e. The minimum atomic E-state index is -0.543. The van der Waals surface area contributed by atoms with E-state index in [1.54, 1.807) is 6.92 Å². The normalized spacial score (nSPS) is 24.3. The summed E-state index contributed by atoms with van der Waals surface area (Å²) < 4.78 is 0. The molecular formula is C12H16N4O2. The van der Waals surface area contributed by atoms with Crippen LogP contribution in [-0.2, 0) is 9.59 Å². The van der Waals surface area contributed by atoms with Crippen molar-refractivity contribution in [3.05, 3.63) is 18.7 Å². The molecule has 0 radical (unpaired) electrons. The van der Waals surface area contributed by atoms with Gasteiger partial charge in [0.05, 0.1) is 18.1 Å². The van der Waals surface area contributed by atoms with E-state index in [0.717, 1.165) is 0 Å². The van der Waals surface area contributed by atoms with Gasteiger partial charge in [-0.25, -0.2) is 9.97 Å². The molecule has 2 heterocycles. The van der Waals surface area contributed by atoms with Crippen LogP contribution < -0.4 is 10.2 Å². The molecule has 1 aliphatic rings. The highest BCUT2D eigenvalue weighted by atomic mass is 16.2. The summed E-state index contributed by atoms with van der Waals surface area (Å²) in [5, 5.41) is 2.74. The molecule has 2 rings (SSSR count). The SMILES string of the molecule is CC(C)C1NC(=O)C(C)N(c2cncnc2)C1=O. The first-order valence-corrected chi connectivity index (χ1v) is 5.91. The summed E-state index contributed by atoms with van der Waals surface area (Å²) in [6, 6.07) is -1.03. The number of nitrogens with one attached hydrogen (secondary N) is 1. The second-order valence-corrected chi connectivity index (χ2v) is 4.71. The minimum Gasteiger partial charge on any atom is -0.342 e. The number of anilines is 1. The van der Waals surface area contributed by atoms with Crippen LogP contribution in [0.4, 0.5) is 5.69 Å². The summed E-state index contributed by atoms with van der Waals surface area (Å²) in [7, 11) is 0. The molecule has 1 fully saturated rings. The quantitative estimate of drug-likeness (QED) is 0.819. The van der Waals surface area contributed by atoms with Gasteiger partial charge in [-0.2, -0.15) is 0 Å². The number of nitrogens with zero attached hydrogens (tertiary/aromatic N) is 3. The second-order valence-electron chi connectivity index (χ2n) is 4.71. The number of rotatable bonds is 2. The van der Waals surface area contributed by atoms with Crippen molar-refractivity contribution in [1.82, 2.24) is 15.3 Å². The lowest BCUT2D eigenvalue weighted by Crippen LogP contribution is -2.64. The second kappa shape index (κ2) is 4.72. The third kappa shape index (κ3) is 2.05. The van der Waals surface area contributed by atoms with Gasteiger partial charge in [0, 0.05) is 0 Å². The third-order valence-corrected chi connectivity index (χ3v) is 3.06. The molecule has 2 unspecified atom stereocenters. The van der Waals surface area contributed by atoms with E-state index in [0.29, 0.717) is 5.69 Å². The first kappa shape index (κ1) is 12.5. The molecule has 1 aliphatic heterocycles. The number of hydrogen-bond acceptors (Lipinski definition) is 4. The molecule has 2 atom stereocenters. The molecule has 6 heteroatoms. The maximum atomic E-state index is 12.4. The van der Waals surface area contributed by atoms with E-state index in [1.165, 1.54) is 23.6 Å². The molecule has 0 saturated carbocycles. The van der Waals surface area contributed by atoms with Crippen LogP contribution in [0, 0.1) is 5.92 Å². The zero-order valence-corrected chi connectivity index (χ0v) is 10.6. The van der Waals surface area contributed by atoms with Crippen molar-refractivity contribution in [3.63, 3.8) is 0 Å². The zero-order valence-electron chi connectivity index (χ0n) is 10.6. The average Bonchev–Trinajstić information content (AvgIpc) is 2.35. The maximum Gasteiger partial charge on any atom is 0.250 e. The highest BCUT2D eigenvalue weighted by Crippen LogP contribution is 2.21. The number of aromatic nitrogens is 2. The Bertz CT molecular complexity index is 460. The van der Waals surface area contributed by atoms with Gasteiger partial charge in [0.25, 0.3) is 5.91 Å². The van der Waals surface area contributed by atoms with Crippen molar-refractivity contribution in [2.24, 2.45) is 5.92 Å². The Morgan fingerprint density at radius 3 is 2.44 bits per heavy atom. The molecule has 1 saturated heterocycles. The minimum absolute atomic E-state index is 0.0427. The van der Waals surface area contributed by atoms with Crippen molar-refractivity contribution in [3.8, 4) is 0 Å². The van der Waals surface area contributed by atoms with Crippen LogP contribution >= 0.6 is 0 Å². The molecule has 0 bridgehead atoms. The molecule has 1 aromatic heterocycles. The lowest BCUT2D eigenvalue weighted by atomic mass is 9.98. The lowest BCUT2D eigenvalue weighted by Gasteiger charge is -2.38. The van der Waals surface area contributed by atoms with Crippen LogP contribution in [0.3, 0.4) is 0 Å². The fraction of sp³-hybridized carbons (Fsp3) is 0.500. The highest BCUT2D eigenvalue weighted by Gasteiger charge is 2.40. The van der Waals surface area contributed by atoms with Gasteiger partial charge in [-0.3, -0.25) is 14.5 Å². The number of piperazine rings is 1. The van der Waals surface area contributed by atoms with E-state index in [-0.39, 0.29) is 17.7 Å². The highest BCUT2D eigenvalue weighted by molar-refractivity contribution is 6.08. The predicted molar refractivity (Wildman–Crippen MR) is 65.7 cm³/mol. The molecule has 0 spiro atoms. The third-order valence-electron chi connectivity index (χ3n) is 3.06. The largest absolute Gasteiger partial charge is 0.342 e. The summed E-state index contributed by atoms with van der Waals surface area (Å²) in [6.45, 7) is 5.49. The number of hydrogen-bond donors (Lipinski definition) is 1. The Kier molecular flexibility index (Phi) is 3.27. The fourth-order valence-electron chi connectivity index (χ4n) is 2.01. The van der Waals surface area contributed by atoms with E-state index in [2.05, 4.69) is 15.3 Å². The number of carbonyl (C=O) groups excluding carboxylic acids is 2. The summed E-state index contributed by atoms with van der Waals surface area (Å²) in [5.74, 6) is -0.231. The van der Waals surface area contributed by atoms with Gasteiger partial charge in [-0.15, -0.1) is 0 Å². The topological polar surface area (TPSA) is 75.2 Å². The van der Waals surface area contributed by atoms with E-state index >= 15 is 0 Å². The Labute approximate surface area is 105 Å². The van der Waals surface area contributed by atoms with Crippen LogP contribution in [-0.4, -0.2) is 33.9 Å². The first-order valence-electron chi connectivity index (χ1n) is 5.91. The molecular weight excluding hydrogens is 232 g/mol. The lowest BCUT2D eigenvalue weighted by molar-refractivity contribution is -0.134. The van der Waals surface area contributed by atoms with E-state index < -0.39 is 12.1 Å². The predicted octanol–water partition coefficient (Wildman–Crippen LogP) is 0.352. The van der Waals surface area contributed by atoms with Crippen LogP contribution in [0.1, 0.15) is 20.8 Å². The summed E-state index contributed by atoms with van der Waals surface area (Å²) in [5.41, 5.74) is 0.551. The molecule has 6 nitrogen and oxygen atoms in total. The summed E-state index contributed by atoms with van der Waals surface area (Å²) in [6.07, 6.45) is 4.47. The Hall–Kier alpha value is -1.98. The van der Waals surface area contributed by atoms with E-state index in [4.69, 9.17) is 0 Å². The Balaban J connectivity index is 2.37. The molecule has 18 heavy (non-hydrogen) atoms. The molecule has 0 aromatic carbocycles. The van der Waals surface area contributed by atoms with Gasteiger partial charge in [0.1, 0.15) is 18.4 Å². The molecule has 2 amide bonds. The molecule has 1 aromatic rings. The monoisotopic (exact) mass is 248 g/mol.